The number of β-amino-alcohol motifs (C(OH)–C–C–N with tert-alkyl or cyclic N) is 1. The van der Waals surface area contributed by atoms with Gasteiger partial charge in [0.1, 0.15) is 24.2 Å². The van der Waals surface area contributed by atoms with Crippen LogP contribution in [0.1, 0.15) is 0 Å². The second kappa shape index (κ2) is 9.12. The van der Waals surface area contributed by atoms with E-state index in [0.717, 1.165) is 43.4 Å². The molecule has 1 unspecified atom stereocenters. The highest BCUT2D eigenvalue weighted by Crippen LogP contribution is 2.28. The van der Waals surface area contributed by atoms with Gasteiger partial charge >= 0.3 is 0 Å². The maximum Gasteiger partial charge on any atom is 0.142 e. The van der Waals surface area contributed by atoms with Crippen LogP contribution in [-0.4, -0.2) is 62.6 Å². The first-order valence-corrected chi connectivity index (χ1v) is 9.20. The Hall–Kier alpha value is -1.95. The number of halogens is 1. The van der Waals surface area contributed by atoms with Crippen LogP contribution in [0.3, 0.4) is 0 Å². The Morgan fingerprint density at radius 1 is 1.04 bits per heavy atom. The average molecular weight is 377 g/mol. The summed E-state index contributed by atoms with van der Waals surface area (Å²) in [6, 6.07) is 15.3. The molecule has 1 aliphatic heterocycles. The van der Waals surface area contributed by atoms with E-state index >= 15 is 0 Å². The summed E-state index contributed by atoms with van der Waals surface area (Å²) in [5.74, 6) is 1.62. The normalized spacial score (nSPS) is 16.3. The van der Waals surface area contributed by atoms with Crippen LogP contribution >= 0.6 is 11.6 Å². The maximum absolute atomic E-state index is 10.3. The number of aliphatic hydroxyl groups excluding tert-OH is 1. The Kier molecular flexibility index (Phi) is 6.61. The largest absolute Gasteiger partial charge is 0.495 e. The Bertz CT molecular complexity index is 688. The van der Waals surface area contributed by atoms with E-state index in [1.165, 1.54) is 0 Å². The molecule has 1 N–H and O–H groups in total. The van der Waals surface area contributed by atoms with Crippen LogP contribution < -0.4 is 14.4 Å². The molecule has 1 saturated heterocycles. The van der Waals surface area contributed by atoms with Gasteiger partial charge in [-0.05, 0) is 36.4 Å². The molecule has 2 aromatic carbocycles. The molecule has 26 heavy (non-hydrogen) atoms. The molecular weight excluding hydrogens is 352 g/mol. The van der Waals surface area contributed by atoms with Crippen molar-refractivity contribution in [2.45, 2.75) is 6.10 Å². The lowest BCUT2D eigenvalue weighted by atomic mass is 10.2. The molecule has 2 aromatic rings. The molecule has 0 spiro atoms. The van der Waals surface area contributed by atoms with Crippen LogP contribution in [0.4, 0.5) is 5.69 Å². The fourth-order valence-corrected chi connectivity index (χ4v) is 3.26. The highest BCUT2D eigenvalue weighted by molar-refractivity contribution is 6.30. The van der Waals surface area contributed by atoms with E-state index in [0.29, 0.717) is 11.6 Å². The number of piperazine rings is 1. The van der Waals surface area contributed by atoms with Crippen LogP contribution in [-0.2, 0) is 0 Å². The third-order valence-corrected chi connectivity index (χ3v) is 4.78. The van der Waals surface area contributed by atoms with Gasteiger partial charge in [0.15, 0.2) is 0 Å². The van der Waals surface area contributed by atoms with Crippen molar-refractivity contribution in [3.05, 3.63) is 53.6 Å². The molecule has 6 heteroatoms. The minimum atomic E-state index is -0.525. The number of para-hydroxylation sites is 2. The Morgan fingerprint density at radius 3 is 2.42 bits per heavy atom. The van der Waals surface area contributed by atoms with Gasteiger partial charge in [-0.25, -0.2) is 0 Å². The Labute approximate surface area is 159 Å². The number of ether oxygens (including phenoxy) is 2. The number of hydrogen-bond donors (Lipinski definition) is 1. The minimum Gasteiger partial charge on any atom is -0.495 e. The second-order valence-corrected chi connectivity index (χ2v) is 6.81. The molecule has 1 fully saturated rings. The van der Waals surface area contributed by atoms with Gasteiger partial charge in [-0.3, -0.25) is 4.90 Å². The molecule has 0 radical (unpaired) electrons. The SMILES string of the molecule is COc1ccccc1N1CCN(CC(O)COc2ccc(Cl)cc2)CC1. The third-order valence-electron chi connectivity index (χ3n) is 4.52. The number of benzene rings is 2. The summed E-state index contributed by atoms with van der Waals surface area (Å²) in [5.41, 5.74) is 1.13. The quantitative estimate of drug-likeness (QED) is 0.805. The fourth-order valence-electron chi connectivity index (χ4n) is 3.14. The van der Waals surface area contributed by atoms with Gasteiger partial charge in [-0.2, -0.15) is 0 Å². The lowest BCUT2D eigenvalue weighted by Crippen LogP contribution is -2.49. The number of aliphatic hydroxyl groups is 1. The van der Waals surface area contributed by atoms with Crippen molar-refractivity contribution in [3.8, 4) is 11.5 Å². The van der Waals surface area contributed by atoms with Crippen molar-refractivity contribution in [1.29, 1.82) is 0 Å². The van der Waals surface area contributed by atoms with Gasteiger partial charge in [0.05, 0.1) is 12.8 Å². The topological polar surface area (TPSA) is 45.2 Å². The molecule has 1 atom stereocenters. The molecule has 0 aromatic heterocycles. The molecule has 0 saturated carbocycles. The van der Waals surface area contributed by atoms with Crippen molar-refractivity contribution in [3.63, 3.8) is 0 Å². The van der Waals surface area contributed by atoms with Crippen molar-refractivity contribution in [2.75, 3.05) is 51.3 Å². The van der Waals surface area contributed by atoms with E-state index in [-0.39, 0.29) is 6.61 Å². The molecule has 140 valence electrons. The number of hydrogen-bond acceptors (Lipinski definition) is 5. The van der Waals surface area contributed by atoms with Gasteiger partial charge in [0.2, 0.25) is 0 Å². The van der Waals surface area contributed by atoms with Gasteiger partial charge in [-0.15, -0.1) is 0 Å². The lowest BCUT2D eigenvalue weighted by Gasteiger charge is -2.37. The summed E-state index contributed by atoms with van der Waals surface area (Å²) >= 11 is 5.85. The smallest absolute Gasteiger partial charge is 0.142 e. The van der Waals surface area contributed by atoms with E-state index in [2.05, 4.69) is 15.9 Å². The minimum absolute atomic E-state index is 0.272. The first-order chi connectivity index (χ1) is 12.7. The zero-order chi connectivity index (χ0) is 18.4. The predicted molar refractivity (Wildman–Crippen MR) is 105 cm³/mol. The van der Waals surface area contributed by atoms with Crippen LogP contribution in [0.5, 0.6) is 11.5 Å². The Morgan fingerprint density at radius 2 is 1.73 bits per heavy atom. The van der Waals surface area contributed by atoms with Crippen LogP contribution in [0, 0.1) is 0 Å². The maximum atomic E-state index is 10.3. The monoisotopic (exact) mass is 376 g/mol. The van der Waals surface area contributed by atoms with Crippen molar-refractivity contribution < 1.29 is 14.6 Å². The summed E-state index contributed by atoms with van der Waals surface area (Å²) in [6.07, 6.45) is -0.525. The second-order valence-electron chi connectivity index (χ2n) is 6.38. The predicted octanol–water partition coefficient (Wildman–Crippen LogP) is 2.91. The first-order valence-electron chi connectivity index (χ1n) is 8.82. The molecular formula is C20H25ClN2O3. The van der Waals surface area contributed by atoms with Crippen LogP contribution in [0.15, 0.2) is 48.5 Å². The average Bonchev–Trinajstić information content (AvgIpc) is 2.68. The lowest BCUT2D eigenvalue weighted by molar-refractivity contribution is 0.0663. The van der Waals surface area contributed by atoms with Crippen molar-refractivity contribution >= 4 is 17.3 Å². The molecule has 0 amide bonds. The fraction of sp³-hybridized carbons (Fsp3) is 0.400. The van der Waals surface area contributed by atoms with E-state index in [1.807, 2.05) is 18.2 Å². The van der Waals surface area contributed by atoms with Gasteiger partial charge < -0.3 is 19.5 Å². The van der Waals surface area contributed by atoms with E-state index < -0.39 is 6.10 Å². The van der Waals surface area contributed by atoms with Gasteiger partial charge in [-0.1, -0.05) is 23.7 Å². The molecule has 0 bridgehead atoms. The number of rotatable bonds is 7. The summed E-state index contributed by atoms with van der Waals surface area (Å²) in [4.78, 5) is 4.59. The molecule has 5 nitrogen and oxygen atoms in total. The standard InChI is InChI=1S/C20H25ClN2O3/c1-25-20-5-3-2-4-19(20)23-12-10-22(11-13-23)14-17(24)15-26-18-8-6-16(21)7-9-18/h2-9,17,24H,10-15H2,1H3. The Balaban J connectivity index is 1.44. The van der Waals surface area contributed by atoms with E-state index in [9.17, 15) is 5.11 Å². The summed E-state index contributed by atoms with van der Waals surface area (Å²) in [5, 5.41) is 10.9. The first kappa shape index (κ1) is 18.8. The van der Waals surface area contributed by atoms with E-state index in [1.54, 1.807) is 31.4 Å². The molecule has 1 heterocycles. The zero-order valence-electron chi connectivity index (χ0n) is 15.0. The van der Waals surface area contributed by atoms with E-state index in [4.69, 9.17) is 21.1 Å². The highest BCUT2D eigenvalue weighted by atomic mass is 35.5. The van der Waals surface area contributed by atoms with Crippen LogP contribution in [0.25, 0.3) is 0 Å². The zero-order valence-corrected chi connectivity index (χ0v) is 15.7. The highest BCUT2D eigenvalue weighted by Gasteiger charge is 2.21. The molecule has 1 aliphatic rings. The van der Waals surface area contributed by atoms with Crippen molar-refractivity contribution in [1.82, 2.24) is 4.90 Å². The van der Waals surface area contributed by atoms with Crippen LogP contribution in [0.2, 0.25) is 5.02 Å². The molecule has 0 aliphatic carbocycles. The van der Waals surface area contributed by atoms with Gasteiger partial charge in [0.25, 0.3) is 0 Å². The van der Waals surface area contributed by atoms with Crippen molar-refractivity contribution in [2.24, 2.45) is 0 Å². The van der Waals surface area contributed by atoms with Gasteiger partial charge in [0, 0.05) is 37.7 Å². The molecule has 3 rings (SSSR count). The summed E-state index contributed by atoms with van der Waals surface area (Å²) in [6.45, 7) is 4.49. The summed E-state index contributed by atoms with van der Waals surface area (Å²) < 4.78 is 11.1. The number of methoxy groups -OCH3 is 1. The summed E-state index contributed by atoms with van der Waals surface area (Å²) in [7, 11) is 1.70. The number of anilines is 1. The number of nitrogens with zero attached hydrogens (tertiary/aromatic N) is 2. The third kappa shape index (κ3) is 5.04.